The van der Waals surface area contributed by atoms with Gasteiger partial charge in [0.2, 0.25) is 0 Å². The predicted octanol–water partition coefficient (Wildman–Crippen LogP) is 2.60. The summed E-state index contributed by atoms with van der Waals surface area (Å²) in [5, 5.41) is 16.2. The van der Waals surface area contributed by atoms with Crippen molar-refractivity contribution in [3.63, 3.8) is 0 Å². The average Bonchev–Trinajstić information content (AvgIpc) is 3.23. The van der Waals surface area contributed by atoms with E-state index in [0.29, 0.717) is 6.04 Å². The molecule has 2 bridgehead atoms. The Bertz CT molecular complexity index is 712. The molecular formula is C17H18N2O2S. The van der Waals surface area contributed by atoms with Crippen molar-refractivity contribution in [2.24, 2.45) is 5.92 Å². The van der Waals surface area contributed by atoms with Crippen LogP contribution in [0, 0.1) is 5.92 Å². The summed E-state index contributed by atoms with van der Waals surface area (Å²) in [6.07, 6.45) is 2.28. The molecule has 2 aliphatic rings. The molecule has 0 spiro atoms. The molecule has 2 aromatic rings. The Hall–Kier alpha value is -1.85. The van der Waals surface area contributed by atoms with Crippen LogP contribution in [0.1, 0.15) is 22.5 Å². The van der Waals surface area contributed by atoms with Gasteiger partial charge in [0.1, 0.15) is 5.75 Å². The third-order valence-corrected chi connectivity index (χ3v) is 5.74. The molecule has 1 saturated carbocycles. The molecule has 5 heteroatoms. The summed E-state index contributed by atoms with van der Waals surface area (Å²) in [6, 6.07) is 11.6. The minimum atomic E-state index is 0.00996. The molecule has 22 heavy (non-hydrogen) atoms. The molecule has 4 rings (SSSR count). The summed E-state index contributed by atoms with van der Waals surface area (Å²) in [5.74, 6) is 0.974. The number of thiophene rings is 1. The molecule has 1 aliphatic heterocycles. The summed E-state index contributed by atoms with van der Waals surface area (Å²) in [6.45, 7) is 1.09. The van der Waals surface area contributed by atoms with E-state index in [4.69, 9.17) is 0 Å². The topological polar surface area (TPSA) is 61.4 Å². The lowest BCUT2D eigenvalue weighted by atomic mass is 10.1. The zero-order valence-electron chi connectivity index (χ0n) is 12.1. The average molecular weight is 314 g/mol. The fraction of sp³-hybridized carbons (Fsp3) is 0.353. The SMILES string of the molecule is O=C(NC1CC2CNC1C2)c1ccc(-c2cccc(O)c2)s1. The van der Waals surface area contributed by atoms with E-state index in [1.165, 1.54) is 17.8 Å². The Morgan fingerprint density at radius 1 is 1.27 bits per heavy atom. The maximum Gasteiger partial charge on any atom is 0.261 e. The molecule has 1 saturated heterocycles. The number of piperidine rings is 1. The number of fused-ring (bicyclic) bond motifs is 2. The lowest BCUT2D eigenvalue weighted by Crippen LogP contribution is -2.47. The molecule has 0 radical (unpaired) electrons. The number of phenols is 1. The van der Waals surface area contributed by atoms with Gasteiger partial charge in [0.25, 0.3) is 5.91 Å². The molecule has 114 valence electrons. The lowest BCUT2D eigenvalue weighted by Gasteiger charge is -2.23. The fourth-order valence-electron chi connectivity index (χ4n) is 3.53. The summed E-state index contributed by atoms with van der Waals surface area (Å²) in [5.41, 5.74) is 0.936. The molecule has 1 aromatic heterocycles. The number of amides is 1. The van der Waals surface area contributed by atoms with E-state index in [2.05, 4.69) is 10.6 Å². The van der Waals surface area contributed by atoms with Crippen LogP contribution in [0.3, 0.4) is 0 Å². The largest absolute Gasteiger partial charge is 0.508 e. The van der Waals surface area contributed by atoms with Crippen molar-refractivity contribution in [1.29, 1.82) is 0 Å². The van der Waals surface area contributed by atoms with E-state index in [1.54, 1.807) is 12.1 Å². The minimum Gasteiger partial charge on any atom is -0.508 e. The molecule has 1 amide bonds. The molecule has 1 aliphatic carbocycles. The Labute approximate surface area is 133 Å². The highest BCUT2D eigenvalue weighted by Gasteiger charge is 2.40. The van der Waals surface area contributed by atoms with Crippen molar-refractivity contribution in [3.05, 3.63) is 41.3 Å². The molecule has 2 fully saturated rings. The van der Waals surface area contributed by atoms with E-state index < -0.39 is 0 Å². The predicted molar refractivity (Wildman–Crippen MR) is 87.2 cm³/mol. The highest BCUT2D eigenvalue weighted by molar-refractivity contribution is 7.17. The first-order chi connectivity index (χ1) is 10.7. The van der Waals surface area contributed by atoms with Crippen LogP contribution in [0.4, 0.5) is 0 Å². The molecule has 3 N–H and O–H groups in total. The Balaban J connectivity index is 1.48. The van der Waals surface area contributed by atoms with Crippen LogP contribution >= 0.6 is 11.3 Å². The number of nitrogens with one attached hydrogen (secondary N) is 2. The van der Waals surface area contributed by atoms with Gasteiger partial charge in [-0.05, 0) is 55.1 Å². The highest BCUT2D eigenvalue weighted by atomic mass is 32.1. The molecule has 3 atom stereocenters. The van der Waals surface area contributed by atoms with Crippen LogP contribution in [0.25, 0.3) is 10.4 Å². The number of phenolic OH excluding ortho intramolecular Hbond substituents is 1. The zero-order valence-corrected chi connectivity index (χ0v) is 12.9. The Morgan fingerprint density at radius 2 is 2.18 bits per heavy atom. The van der Waals surface area contributed by atoms with Crippen LogP contribution < -0.4 is 10.6 Å². The van der Waals surface area contributed by atoms with Crippen molar-refractivity contribution < 1.29 is 9.90 Å². The van der Waals surface area contributed by atoms with Gasteiger partial charge in [-0.1, -0.05) is 12.1 Å². The zero-order chi connectivity index (χ0) is 15.1. The quantitative estimate of drug-likeness (QED) is 0.816. The minimum absolute atomic E-state index is 0.00996. The summed E-state index contributed by atoms with van der Waals surface area (Å²) < 4.78 is 0. The maximum atomic E-state index is 12.4. The van der Waals surface area contributed by atoms with Crippen LogP contribution in [0.5, 0.6) is 5.75 Å². The number of hydrogen-bond donors (Lipinski definition) is 3. The molecule has 4 nitrogen and oxygen atoms in total. The van der Waals surface area contributed by atoms with Gasteiger partial charge in [-0.2, -0.15) is 0 Å². The fourth-order valence-corrected chi connectivity index (χ4v) is 4.43. The van der Waals surface area contributed by atoms with Crippen LogP contribution in [-0.4, -0.2) is 29.6 Å². The second-order valence-electron chi connectivity index (χ2n) is 6.15. The second kappa shape index (κ2) is 5.41. The van der Waals surface area contributed by atoms with Gasteiger partial charge in [0, 0.05) is 17.0 Å². The number of benzene rings is 1. The van der Waals surface area contributed by atoms with Crippen LogP contribution in [0.15, 0.2) is 36.4 Å². The first-order valence-electron chi connectivity index (χ1n) is 7.62. The van der Waals surface area contributed by atoms with Crippen LogP contribution in [0.2, 0.25) is 0 Å². The third-order valence-electron chi connectivity index (χ3n) is 4.61. The standard InChI is InChI=1S/C17H18N2O2S/c20-12-3-1-2-11(8-12)15-4-5-16(22-15)17(21)19-14-7-10-6-13(14)18-9-10/h1-5,8,10,13-14,18,20H,6-7,9H2,(H,19,21). The van der Waals surface area contributed by atoms with Crippen molar-refractivity contribution in [2.75, 3.05) is 6.54 Å². The monoisotopic (exact) mass is 314 g/mol. The van der Waals surface area contributed by atoms with Crippen molar-refractivity contribution in [1.82, 2.24) is 10.6 Å². The van der Waals surface area contributed by atoms with Gasteiger partial charge in [-0.15, -0.1) is 11.3 Å². The van der Waals surface area contributed by atoms with E-state index in [9.17, 15) is 9.90 Å². The first kappa shape index (κ1) is 13.8. The lowest BCUT2D eigenvalue weighted by molar-refractivity contribution is 0.0932. The molecule has 1 aromatic carbocycles. The molecule has 2 heterocycles. The van der Waals surface area contributed by atoms with Crippen LogP contribution in [-0.2, 0) is 0 Å². The summed E-state index contributed by atoms with van der Waals surface area (Å²) in [4.78, 5) is 14.1. The number of carbonyl (C=O) groups is 1. The van der Waals surface area contributed by atoms with Crippen molar-refractivity contribution in [3.8, 4) is 16.2 Å². The van der Waals surface area contributed by atoms with Gasteiger partial charge in [-0.25, -0.2) is 0 Å². The van der Waals surface area contributed by atoms with Gasteiger partial charge in [-0.3, -0.25) is 4.79 Å². The summed E-state index contributed by atoms with van der Waals surface area (Å²) >= 11 is 1.46. The van der Waals surface area contributed by atoms with Gasteiger partial charge < -0.3 is 15.7 Å². The summed E-state index contributed by atoms with van der Waals surface area (Å²) in [7, 11) is 0. The highest BCUT2D eigenvalue weighted by Crippen LogP contribution is 2.33. The normalized spacial score (nSPS) is 26.3. The van der Waals surface area contributed by atoms with E-state index in [0.717, 1.165) is 34.2 Å². The number of hydrogen-bond acceptors (Lipinski definition) is 4. The van der Waals surface area contributed by atoms with E-state index in [-0.39, 0.29) is 17.7 Å². The molecule has 3 unspecified atom stereocenters. The third kappa shape index (κ3) is 2.51. The van der Waals surface area contributed by atoms with Gasteiger partial charge >= 0.3 is 0 Å². The molecular weight excluding hydrogens is 296 g/mol. The van der Waals surface area contributed by atoms with Gasteiger partial charge in [0.15, 0.2) is 0 Å². The smallest absolute Gasteiger partial charge is 0.261 e. The number of aromatic hydroxyl groups is 1. The first-order valence-corrected chi connectivity index (χ1v) is 8.44. The van der Waals surface area contributed by atoms with Crippen molar-refractivity contribution >= 4 is 17.2 Å². The van der Waals surface area contributed by atoms with E-state index in [1.807, 2.05) is 24.3 Å². The second-order valence-corrected chi connectivity index (χ2v) is 7.23. The number of carbonyl (C=O) groups excluding carboxylic acids is 1. The van der Waals surface area contributed by atoms with Crippen molar-refractivity contribution in [2.45, 2.75) is 24.9 Å². The van der Waals surface area contributed by atoms with E-state index >= 15 is 0 Å². The maximum absolute atomic E-state index is 12.4. The Morgan fingerprint density at radius 3 is 2.91 bits per heavy atom. The number of rotatable bonds is 3. The van der Waals surface area contributed by atoms with Gasteiger partial charge in [0.05, 0.1) is 4.88 Å². The Kier molecular flexibility index (Phi) is 3.39.